The van der Waals surface area contributed by atoms with Gasteiger partial charge in [-0.1, -0.05) is 26.0 Å². The summed E-state index contributed by atoms with van der Waals surface area (Å²) in [5.41, 5.74) is 6.51. The maximum Gasteiger partial charge on any atom is 0.0929 e. The fraction of sp³-hybridized carbons (Fsp3) is 0.308. The van der Waals surface area contributed by atoms with Crippen LogP contribution in [0.2, 0.25) is 0 Å². The predicted octanol–water partition coefficient (Wildman–Crippen LogP) is 3.10. The largest absolute Gasteiger partial charge is 0.348 e. The minimum absolute atomic E-state index is 0.582. The Hall–Kier alpha value is -1.57. The van der Waals surface area contributed by atoms with E-state index in [1.807, 2.05) is 0 Å². The van der Waals surface area contributed by atoms with Crippen molar-refractivity contribution in [1.82, 2.24) is 9.97 Å². The highest BCUT2D eigenvalue weighted by atomic mass is 14.9. The highest BCUT2D eigenvalue weighted by Gasteiger charge is 2.21. The van der Waals surface area contributed by atoms with Crippen molar-refractivity contribution < 1.29 is 0 Å². The summed E-state index contributed by atoms with van der Waals surface area (Å²) in [5, 5.41) is 0. The van der Waals surface area contributed by atoms with Crippen LogP contribution in [0.4, 0.5) is 0 Å². The van der Waals surface area contributed by atoms with Gasteiger partial charge in [0.05, 0.1) is 12.0 Å². The Balaban J connectivity index is 2.18. The van der Waals surface area contributed by atoms with Crippen molar-refractivity contribution in [3.8, 4) is 11.3 Å². The normalized spacial score (nSPS) is 13.0. The molecule has 0 unspecified atom stereocenters. The van der Waals surface area contributed by atoms with E-state index in [1.54, 1.807) is 6.33 Å². The number of nitrogens with one attached hydrogen (secondary N) is 1. The predicted molar refractivity (Wildman–Crippen MR) is 60.9 cm³/mol. The number of benzene rings is 1. The van der Waals surface area contributed by atoms with Gasteiger partial charge in [-0.3, -0.25) is 0 Å². The number of aromatic amines is 1. The first-order chi connectivity index (χ1) is 7.25. The summed E-state index contributed by atoms with van der Waals surface area (Å²) in [4.78, 5) is 7.59. The Morgan fingerprint density at radius 1 is 1.33 bits per heavy atom. The molecule has 2 heteroatoms. The second-order valence-electron chi connectivity index (χ2n) is 4.48. The zero-order valence-corrected chi connectivity index (χ0v) is 9.04. The van der Waals surface area contributed by atoms with Crippen LogP contribution in [-0.2, 0) is 6.42 Å². The Kier molecular flexibility index (Phi) is 1.72. The number of nitrogens with zero attached hydrogens (tertiary/aromatic N) is 1. The quantitative estimate of drug-likeness (QED) is 0.639. The second-order valence-corrected chi connectivity index (χ2v) is 4.48. The van der Waals surface area contributed by atoms with Crippen LogP contribution in [0.5, 0.6) is 0 Å². The third-order valence-electron chi connectivity index (χ3n) is 3.14. The molecule has 1 aromatic carbocycles. The lowest BCUT2D eigenvalue weighted by atomic mass is 9.98. The van der Waals surface area contributed by atoms with Crippen molar-refractivity contribution in [3.05, 3.63) is 41.3 Å². The number of hydrogen-bond donors (Lipinski definition) is 1. The van der Waals surface area contributed by atoms with Gasteiger partial charge in [0.2, 0.25) is 0 Å². The summed E-state index contributed by atoms with van der Waals surface area (Å²) < 4.78 is 0. The average Bonchev–Trinajstić information content (AvgIpc) is 2.75. The molecule has 0 spiro atoms. The fourth-order valence-electron chi connectivity index (χ4n) is 2.21. The van der Waals surface area contributed by atoms with E-state index in [2.05, 4.69) is 42.0 Å². The summed E-state index contributed by atoms with van der Waals surface area (Å²) in [5.74, 6) is 0.582. The number of hydrogen-bond acceptors (Lipinski definition) is 1. The minimum atomic E-state index is 0.582. The summed E-state index contributed by atoms with van der Waals surface area (Å²) in [6.07, 6.45) is 2.79. The Morgan fingerprint density at radius 2 is 2.20 bits per heavy atom. The molecule has 0 saturated heterocycles. The van der Waals surface area contributed by atoms with E-state index in [0.717, 1.165) is 12.1 Å². The van der Waals surface area contributed by atoms with Crippen molar-refractivity contribution in [2.45, 2.75) is 26.2 Å². The second kappa shape index (κ2) is 2.96. The number of aromatic nitrogens is 2. The minimum Gasteiger partial charge on any atom is -0.348 e. The number of imidazole rings is 1. The molecule has 1 N–H and O–H groups in total. The van der Waals surface area contributed by atoms with E-state index in [4.69, 9.17) is 0 Å². The van der Waals surface area contributed by atoms with E-state index in [0.29, 0.717) is 5.92 Å². The summed E-state index contributed by atoms with van der Waals surface area (Å²) in [6.45, 7) is 4.45. The molecule has 1 heterocycles. The molecular formula is C13H14N2. The van der Waals surface area contributed by atoms with Crippen LogP contribution < -0.4 is 0 Å². The van der Waals surface area contributed by atoms with Gasteiger partial charge in [0, 0.05) is 17.7 Å². The molecule has 0 fully saturated rings. The smallest absolute Gasteiger partial charge is 0.0929 e. The Morgan fingerprint density at radius 3 is 3.00 bits per heavy atom. The summed E-state index contributed by atoms with van der Waals surface area (Å²) in [7, 11) is 0. The molecule has 1 aromatic heterocycles. The molecule has 0 amide bonds. The van der Waals surface area contributed by atoms with Gasteiger partial charge >= 0.3 is 0 Å². The van der Waals surface area contributed by atoms with Gasteiger partial charge in [-0.15, -0.1) is 0 Å². The monoisotopic (exact) mass is 198 g/mol. The van der Waals surface area contributed by atoms with E-state index >= 15 is 0 Å². The topological polar surface area (TPSA) is 28.7 Å². The highest BCUT2D eigenvalue weighted by Crippen LogP contribution is 2.35. The molecule has 0 saturated carbocycles. The Bertz CT molecular complexity index is 509. The lowest BCUT2D eigenvalue weighted by Crippen LogP contribution is -1.89. The molecule has 0 atom stereocenters. The average molecular weight is 198 g/mol. The van der Waals surface area contributed by atoms with Crippen molar-refractivity contribution in [1.29, 1.82) is 0 Å². The molecule has 1 aliphatic rings. The van der Waals surface area contributed by atoms with Gasteiger partial charge in [0.15, 0.2) is 0 Å². The standard InChI is InChI=1S/C13H14N2/c1-8(2)9-3-4-10-6-12-13(11(10)5-9)15-7-14-12/h3-5,7-8H,6H2,1-2H3,(H,14,15). The Labute approximate surface area is 89.4 Å². The van der Waals surface area contributed by atoms with Crippen molar-refractivity contribution in [3.63, 3.8) is 0 Å². The third-order valence-corrected chi connectivity index (χ3v) is 3.14. The first-order valence-corrected chi connectivity index (χ1v) is 5.41. The number of rotatable bonds is 1. The molecule has 0 radical (unpaired) electrons. The molecule has 0 bridgehead atoms. The first kappa shape index (κ1) is 8.72. The summed E-state index contributed by atoms with van der Waals surface area (Å²) >= 11 is 0. The van der Waals surface area contributed by atoms with Gasteiger partial charge in [-0.05, 0) is 23.1 Å². The van der Waals surface area contributed by atoms with E-state index in [9.17, 15) is 0 Å². The van der Waals surface area contributed by atoms with Crippen LogP contribution in [-0.4, -0.2) is 9.97 Å². The van der Waals surface area contributed by atoms with Crippen LogP contribution >= 0.6 is 0 Å². The van der Waals surface area contributed by atoms with Gasteiger partial charge in [-0.25, -0.2) is 4.98 Å². The molecular weight excluding hydrogens is 184 g/mol. The molecule has 3 rings (SSSR count). The van der Waals surface area contributed by atoms with Gasteiger partial charge < -0.3 is 4.98 Å². The number of H-pyrrole nitrogens is 1. The maximum atomic E-state index is 4.38. The zero-order valence-electron chi connectivity index (χ0n) is 9.04. The van der Waals surface area contributed by atoms with Crippen LogP contribution in [0, 0.1) is 0 Å². The summed E-state index contributed by atoms with van der Waals surface area (Å²) in [6, 6.07) is 6.75. The van der Waals surface area contributed by atoms with E-state index in [1.165, 1.54) is 22.4 Å². The molecule has 2 nitrogen and oxygen atoms in total. The lowest BCUT2D eigenvalue weighted by Gasteiger charge is -2.07. The molecule has 0 aliphatic heterocycles. The molecule has 15 heavy (non-hydrogen) atoms. The van der Waals surface area contributed by atoms with E-state index in [-0.39, 0.29) is 0 Å². The molecule has 1 aliphatic carbocycles. The first-order valence-electron chi connectivity index (χ1n) is 5.41. The highest BCUT2D eigenvalue weighted by molar-refractivity contribution is 5.72. The van der Waals surface area contributed by atoms with Crippen LogP contribution in [0.15, 0.2) is 24.5 Å². The number of fused-ring (bicyclic) bond motifs is 3. The SMILES string of the molecule is CC(C)c1ccc2c(c1)-c1nc[nH]c1C2. The van der Waals surface area contributed by atoms with Gasteiger partial charge in [0.1, 0.15) is 0 Å². The third kappa shape index (κ3) is 1.21. The molecule has 2 aromatic rings. The zero-order chi connectivity index (χ0) is 10.4. The van der Waals surface area contributed by atoms with E-state index < -0.39 is 0 Å². The fourth-order valence-corrected chi connectivity index (χ4v) is 2.21. The van der Waals surface area contributed by atoms with Crippen molar-refractivity contribution in [2.24, 2.45) is 0 Å². The van der Waals surface area contributed by atoms with Crippen LogP contribution in [0.25, 0.3) is 11.3 Å². The van der Waals surface area contributed by atoms with Crippen molar-refractivity contribution >= 4 is 0 Å². The van der Waals surface area contributed by atoms with Crippen molar-refractivity contribution in [2.75, 3.05) is 0 Å². The van der Waals surface area contributed by atoms with Gasteiger partial charge in [-0.2, -0.15) is 0 Å². The van der Waals surface area contributed by atoms with Gasteiger partial charge in [0.25, 0.3) is 0 Å². The van der Waals surface area contributed by atoms with Crippen LogP contribution in [0.3, 0.4) is 0 Å². The maximum absolute atomic E-state index is 4.38. The molecule has 76 valence electrons. The lowest BCUT2D eigenvalue weighted by molar-refractivity contribution is 0.866. The van der Waals surface area contributed by atoms with Crippen LogP contribution in [0.1, 0.15) is 36.6 Å².